The van der Waals surface area contributed by atoms with Crippen LogP contribution in [0.5, 0.6) is 0 Å². The molecule has 1 aromatic heterocycles. The molecule has 0 unspecified atom stereocenters. The molecule has 0 atom stereocenters. The highest BCUT2D eigenvalue weighted by atomic mass is 35.5. The van der Waals surface area contributed by atoms with Crippen molar-refractivity contribution in [2.24, 2.45) is 4.99 Å². The van der Waals surface area contributed by atoms with Gasteiger partial charge in [-0.05, 0) is 36.8 Å². The number of aliphatic imine (C=N–C) groups is 1. The number of nitrogens with one attached hydrogen (secondary N) is 2. The first-order valence-corrected chi connectivity index (χ1v) is 8.57. The molecule has 2 rings (SSSR count). The first-order valence-electron chi connectivity index (χ1n) is 8.19. The van der Waals surface area contributed by atoms with Gasteiger partial charge in [-0.2, -0.15) is 0 Å². The van der Waals surface area contributed by atoms with E-state index in [1.165, 1.54) is 5.56 Å². The van der Waals surface area contributed by atoms with Gasteiger partial charge in [0.05, 0.1) is 12.2 Å². The Bertz CT molecular complexity index is 668. The number of nitrogens with zero attached hydrogens (tertiary/aromatic N) is 2. The van der Waals surface area contributed by atoms with Gasteiger partial charge in [-0.25, -0.2) is 4.99 Å². The first-order chi connectivity index (χ1) is 11.5. The summed E-state index contributed by atoms with van der Waals surface area (Å²) < 4.78 is 0. The zero-order valence-electron chi connectivity index (χ0n) is 14.5. The fraction of sp³-hybridized carbons (Fsp3) is 0.368. The van der Waals surface area contributed by atoms with Crippen molar-refractivity contribution in [1.82, 2.24) is 15.6 Å². The second kappa shape index (κ2) is 8.69. The smallest absolute Gasteiger partial charge is 0.191 e. The molecule has 0 spiro atoms. The van der Waals surface area contributed by atoms with Crippen molar-refractivity contribution in [2.75, 3.05) is 13.1 Å². The highest BCUT2D eigenvalue weighted by Crippen LogP contribution is 2.24. The van der Waals surface area contributed by atoms with Crippen molar-refractivity contribution in [3.63, 3.8) is 0 Å². The van der Waals surface area contributed by atoms with Crippen molar-refractivity contribution in [3.8, 4) is 0 Å². The molecule has 0 amide bonds. The summed E-state index contributed by atoms with van der Waals surface area (Å²) in [5, 5.41) is 7.45. The second-order valence-electron chi connectivity index (χ2n) is 6.26. The SMILES string of the molecule is CCNC(=NCc1ccccn1)NCC(C)(C)c1cccc(Cl)c1. The Labute approximate surface area is 149 Å². The van der Waals surface area contributed by atoms with E-state index in [4.69, 9.17) is 11.6 Å². The Morgan fingerprint density at radius 3 is 2.67 bits per heavy atom. The summed E-state index contributed by atoms with van der Waals surface area (Å²) in [6, 6.07) is 13.9. The van der Waals surface area contributed by atoms with Crippen LogP contribution in [0.15, 0.2) is 53.7 Å². The normalized spacial score (nSPS) is 12.1. The molecule has 0 saturated carbocycles. The number of hydrogen-bond donors (Lipinski definition) is 2. The first kappa shape index (κ1) is 18.3. The summed E-state index contributed by atoms with van der Waals surface area (Å²) in [7, 11) is 0. The molecule has 0 aliphatic heterocycles. The van der Waals surface area contributed by atoms with Crippen molar-refractivity contribution < 1.29 is 0 Å². The lowest BCUT2D eigenvalue weighted by atomic mass is 9.84. The predicted molar refractivity (Wildman–Crippen MR) is 102 cm³/mol. The standard InChI is InChI=1S/C19H25ClN4/c1-4-21-18(23-13-17-10-5-6-11-22-17)24-14-19(2,3)15-8-7-9-16(20)12-15/h5-12H,4,13-14H2,1-3H3,(H2,21,23,24). The summed E-state index contributed by atoms with van der Waals surface area (Å²) in [5.74, 6) is 0.790. The topological polar surface area (TPSA) is 49.3 Å². The summed E-state index contributed by atoms with van der Waals surface area (Å²) in [6.45, 7) is 8.54. The summed E-state index contributed by atoms with van der Waals surface area (Å²) >= 11 is 6.12. The average molecular weight is 345 g/mol. The van der Waals surface area contributed by atoms with Crippen molar-refractivity contribution >= 4 is 17.6 Å². The van der Waals surface area contributed by atoms with Gasteiger partial charge >= 0.3 is 0 Å². The molecule has 5 heteroatoms. The molecule has 0 aliphatic rings. The van der Waals surface area contributed by atoms with Crippen LogP contribution < -0.4 is 10.6 Å². The lowest BCUT2D eigenvalue weighted by Crippen LogP contribution is -2.43. The quantitative estimate of drug-likeness (QED) is 0.619. The molecule has 0 fully saturated rings. The molecule has 0 saturated heterocycles. The molecule has 4 nitrogen and oxygen atoms in total. The Kier molecular flexibility index (Phi) is 6.62. The minimum absolute atomic E-state index is 0.0634. The van der Waals surface area contributed by atoms with Gasteiger partial charge in [0.15, 0.2) is 5.96 Å². The van der Waals surface area contributed by atoms with E-state index < -0.39 is 0 Å². The number of halogens is 1. The van der Waals surface area contributed by atoms with Gasteiger partial charge in [0.1, 0.15) is 0 Å². The maximum atomic E-state index is 6.12. The highest BCUT2D eigenvalue weighted by molar-refractivity contribution is 6.30. The fourth-order valence-electron chi connectivity index (χ4n) is 2.31. The van der Waals surface area contributed by atoms with E-state index in [1.54, 1.807) is 6.20 Å². The molecule has 1 heterocycles. The highest BCUT2D eigenvalue weighted by Gasteiger charge is 2.21. The lowest BCUT2D eigenvalue weighted by molar-refractivity contribution is 0.508. The Morgan fingerprint density at radius 2 is 2.00 bits per heavy atom. The fourth-order valence-corrected chi connectivity index (χ4v) is 2.50. The molecule has 2 N–H and O–H groups in total. The monoisotopic (exact) mass is 344 g/mol. The van der Waals surface area contributed by atoms with Crippen molar-refractivity contribution in [2.45, 2.75) is 32.7 Å². The van der Waals surface area contributed by atoms with Gasteiger partial charge in [-0.1, -0.05) is 43.6 Å². The van der Waals surface area contributed by atoms with Gasteiger partial charge < -0.3 is 10.6 Å². The van der Waals surface area contributed by atoms with Crippen LogP contribution >= 0.6 is 11.6 Å². The van der Waals surface area contributed by atoms with E-state index in [1.807, 2.05) is 36.4 Å². The van der Waals surface area contributed by atoms with Crippen LogP contribution in [0, 0.1) is 0 Å². The maximum absolute atomic E-state index is 6.12. The van der Waals surface area contributed by atoms with Crippen LogP contribution in [-0.2, 0) is 12.0 Å². The van der Waals surface area contributed by atoms with Crippen LogP contribution in [0.3, 0.4) is 0 Å². The Balaban J connectivity index is 2.02. The molecular weight excluding hydrogens is 320 g/mol. The Morgan fingerprint density at radius 1 is 1.17 bits per heavy atom. The maximum Gasteiger partial charge on any atom is 0.191 e. The van der Waals surface area contributed by atoms with E-state index in [0.29, 0.717) is 6.54 Å². The molecule has 24 heavy (non-hydrogen) atoms. The molecule has 0 aliphatic carbocycles. The van der Waals surface area contributed by atoms with Crippen LogP contribution in [0.4, 0.5) is 0 Å². The minimum atomic E-state index is -0.0634. The predicted octanol–water partition coefficient (Wildman–Crippen LogP) is 3.77. The summed E-state index contributed by atoms with van der Waals surface area (Å²) in [6.07, 6.45) is 1.79. The molecular formula is C19H25ClN4. The third kappa shape index (κ3) is 5.53. The van der Waals surface area contributed by atoms with Crippen LogP contribution in [-0.4, -0.2) is 24.0 Å². The van der Waals surface area contributed by atoms with E-state index in [-0.39, 0.29) is 5.41 Å². The van der Waals surface area contributed by atoms with Crippen LogP contribution in [0.25, 0.3) is 0 Å². The number of aromatic nitrogens is 1. The lowest BCUT2D eigenvalue weighted by Gasteiger charge is -2.27. The van der Waals surface area contributed by atoms with Gasteiger partial charge in [-0.15, -0.1) is 0 Å². The molecule has 0 bridgehead atoms. The summed E-state index contributed by atoms with van der Waals surface area (Å²) in [4.78, 5) is 8.90. The minimum Gasteiger partial charge on any atom is -0.357 e. The molecule has 2 aromatic rings. The number of guanidine groups is 1. The number of pyridine rings is 1. The van der Waals surface area contributed by atoms with Crippen LogP contribution in [0.1, 0.15) is 32.0 Å². The van der Waals surface area contributed by atoms with Gasteiger partial charge in [0.2, 0.25) is 0 Å². The van der Waals surface area contributed by atoms with Gasteiger partial charge in [0, 0.05) is 29.7 Å². The van der Waals surface area contributed by atoms with E-state index >= 15 is 0 Å². The summed E-state index contributed by atoms with van der Waals surface area (Å²) in [5.41, 5.74) is 2.08. The largest absolute Gasteiger partial charge is 0.357 e. The van der Waals surface area contributed by atoms with Crippen molar-refractivity contribution in [3.05, 3.63) is 64.9 Å². The van der Waals surface area contributed by atoms with E-state index in [2.05, 4.69) is 47.4 Å². The number of hydrogen-bond acceptors (Lipinski definition) is 2. The van der Waals surface area contributed by atoms with Gasteiger partial charge in [-0.3, -0.25) is 4.98 Å². The van der Waals surface area contributed by atoms with Gasteiger partial charge in [0.25, 0.3) is 0 Å². The number of benzene rings is 1. The molecule has 1 aromatic carbocycles. The Hall–Kier alpha value is -2.07. The third-order valence-corrected chi connectivity index (χ3v) is 4.01. The zero-order valence-corrected chi connectivity index (χ0v) is 15.3. The van der Waals surface area contributed by atoms with Crippen LogP contribution in [0.2, 0.25) is 5.02 Å². The van der Waals surface area contributed by atoms with E-state index in [9.17, 15) is 0 Å². The molecule has 0 radical (unpaired) electrons. The van der Waals surface area contributed by atoms with E-state index in [0.717, 1.165) is 29.8 Å². The average Bonchev–Trinajstić information content (AvgIpc) is 2.58. The second-order valence-corrected chi connectivity index (χ2v) is 6.70. The third-order valence-electron chi connectivity index (χ3n) is 3.77. The molecule has 128 valence electrons. The zero-order chi connectivity index (χ0) is 17.4. The number of rotatable bonds is 6. The van der Waals surface area contributed by atoms with Crippen molar-refractivity contribution in [1.29, 1.82) is 0 Å².